The highest BCUT2D eigenvalue weighted by Gasteiger charge is 2.46. The molecule has 0 aliphatic carbocycles. The van der Waals surface area contributed by atoms with E-state index in [1.54, 1.807) is 6.26 Å². The number of carbonyl (C=O) groups is 1. The molecule has 0 bridgehead atoms. The van der Waals surface area contributed by atoms with Gasteiger partial charge in [-0.2, -0.15) is 0 Å². The molecule has 3 atom stereocenters. The summed E-state index contributed by atoms with van der Waals surface area (Å²) in [5, 5.41) is 6.98. The van der Waals surface area contributed by atoms with Crippen molar-refractivity contribution in [3.05, 3.63) is 41.2 Å². The van der Waals surface area contributed by atoms with Gasteiger partial charge in [-0.25, -0.2) is 0 Å². The SMILES string of the molecule is Cc1noc(C)c1CN1C[C@@H]2[C@H](C1)OC[C@H]2C(=O)NCc1ccco1. The lowest BCUT2D eigenvalue weighted by Crippen LogP contribution is -2.36. The highest BCUT2D eigenvalue weighted by molar-refractivity contribution is 5.79. The van der Waals surface area contributed by atoms with Gasteiger partial charge < -0.3 is 19.0 Å². The van der Waals surface area contributed by atoms with E-state index in [2.05, 4.69) is 15.4 Å². The number of hydrogen-bond donors (Lipinski definition) is 1. The van der Waals surface area contributed by atoms with Crippen LogP contribution in [0, 0.1) is 25.7 Å². The smallest absolute Gasteiger partial charge is 0.226 e. The number of likely N-dealkylation sites (tertiary alicyclic amines) is 1. The first-order valence-corrected chi connectivity index (χ1v) is 8.67. The Bertz CT molecular complexity index is 720. The van der Waals surface area contributed by atoms with E-state index < -0.39 is 0 Å². The molecule has 134 valence electrons. The minimum Gasteiger partial charge on any atom is -0.467 e. The number of nitrogens with zero attached hydrogens (tertiary/aromatic N) is 2. The summed E-state index contributed by atoms with van der Waals surface area (Å²) in [5.74, 6) is 1.80. The lowest BCUT2D eigenvalue weighted by atomic mass is 9.92. The van der Waals surface area contributed by atoms with Crippen LogP contribution < -0.4 is 5.32 Å². The second-order valence-electron chi connectivity index (χ2n) is 6.94. The van der Waals surface area contributed by atoms with Crippen molar-refractivity contribution in [2.24, 2.45) is 11.8 Å². The van der Waals surface area contributed by atoms with E-state index in [-0.39, 0.29) is 23.8 Å². The van der Waals surface area contributed by atoms with Crippen molar-refractivity contribution in [2.75, 3.05) is 19.7 Å². The first-order chi connectivity index (χ1) is 12.1. The fraction of sp³-hybridized carbons (Fsp3) is 0.556. The molecule has 2 aliphatic heterocycles. The van der Waals surface area contributed by atoms with Crippen LogP contribution in [0.3, 0.4) is 0 Å². The van der Waals surface area contributed by atoms with Crippen LogP contribution in [0.5, 0.6) is 0 Å². The highest BCUT2D eigenvalue weighted by Crippen LogP contribution is 2.35. The van der Waals surface area contributed by atoms with Crippen molar-refractivity contribution in [1.29, 1.82) is 0 Å². The lowest BCUT2D eigenvalue weighted by Gasteiger charge is -2.19. The Morgan fingerprint density at radius 1 is 1.40 bits per heavy atom. The maximum atomic E-state index is 12.5. The average Bonchev–Trinajstić information content (AvgIpc) is 3.34. The number of carbonyl (C=O) groups excluding carboxylic acids is 1. The van der Waals surface area contributed by atoms with Crippen LogP contribution in [0.2, 0.25) is 0 Å². The topological polar surface area (TPSA) is 80.7 Å². The minimum absolute atomic E-state index is 0.0445. The highest BCUT2D eigenvalue weighted by atomic mass is 16.5. The molecule has 4 heterocycles. The van der Waals surface area contributed by atoms with E-state index >= 15 is 0 Å². The molecule has 7 heteroatoms. The van der Waals surface area contributed by atoms with Gasteiger partial charge in [-0.05, 0) is 26.0 Å². The predicted molar refractivity (Wildman–Crippen MR) is 88.5 cm³/mol. The largest absolute Gasteiger partial charge is 0.467 e. The molecule has 2 saturated heterocycles. The van der Waals surface area contributed by atoms with Crippen LogP contribution >= 0.6 is 0 Å². The van der Waals surface area contributed by atoms with Gasteiger partial charge in [-0.15, -0.1) is 0 Å². The van der Waals surface area contributed by atoms with Gasteiger partial charge >= 0.3 is 0 Å². The molecule has 0 saturated carbocycles. The molecule has 1 N–H and O–H groups in total. The van der Waals surface area contributed by atoms with E-state index in [0.717, 1.165) is 42.4 Å². The molecule has 0 aromatic carbocycles. The van der Waals surface area contributed by atoms with Crippen molar-refractivity contribution in [2.45, 2.75) is 33.0 Å². The maximum absolute atomic E-state index is 12.5. The zero-order valence-corrected chi connectivity index (χ0v) is 14.5. The molecule has 2 aromatic heterocycles. The fourth-order valence-corrected chi connectivity index (χ4v) is 3.86. The van der Waals surface area contributed by atoms with E-state index in [4.69, 9.17) is 13.7 Å². The van der Waals surface area contributed by atoms with Gasteiger partial charge in [0.2, 0.25) is 5.91 Å². The summed E-state index contributed by atoms with van der Waals surface area (Å²) in [6.45, 7) is 7.31. The summed E-state index contributed by atoms with van der Waals surface area (Å²) in [4.78, 5) is 14.9. The third-order valence-corrected chi connectivity index (χ3v) is 5.31. The Kier molecular flexibility index (Phi) is 4.35. The maximum Gasteiger partial charge on any atom is 0.226 e. The molecule has 0 radical (unpaired) electrons. The number of aromatic nitrogens is 1. The van der Waals surface area contributed by atoms with Gasteiger partial charge in [0.05, 0.1) is 37.1 Å². The van der Waals surface area contributed by atoms with Gasteiger partial charge in [0.25, 0.3) is 0 Å². The Hall–Kier alpha value is -2.12. The number of fused-ring (bicyclic) bond motifs is 1. The van der Waals surface area contributed by atoms with Crippen molar-refractivity contribution < 1.29 is 18.5 Å². The van der Waals surface area contributed by atoms with Crippen molar-refractivity contribution in [3.8, 4) is 0 Å². The second-order valence-corrected chi connectivity index (χ2v) is 6.94. The number of aryl methyl sites for hydroxylation is 2. The molecule has 7 nitrogen and oxygen atoms in total. The summed E-state index contributed by atoms with van der Waals surface area (Å²) in [6.07, 6.45) is 1.74. The Morgan fingerprint density at radius 2 is 2.28 bits per heavy atom. The molecule has 1 amide bonds. The normalized spacial score (nSPS) is 26.1. The van der Waals surface area contributed by atoms with Gasteiger partial charge in [0, 0.05) is 31.1 Å². The van der Waals surface area contributed by atoms with E-state index in [0.29, 0.717) is 13.2 Å². The molecule has 0 unspecified atom stereocenters. The van der Waals surface area contributed by atoms with Crippen molar-refractivity contribution in [3.63, 3.8) is 0 Å². The van der Waals surface area contributed by atoms with Crippen LogP contribution in [0.15, 0.2) is 27.3 Å². The lowest BCUT2D eigenvalue weighted by molar-refractivity contribution is -0.126. The van der Waals surface area contributed by atoms with Crippen LogP contribution in [-0.4, -0.2) is 41.8 Å². The number of hydrogen-bond acceptors (Lipinski definition) is 6. The third kappa shape index (κ3) is 3.21. The van der Waals surface area contributed by atoms with Gasteiger partial charge in [-0.1, -0.05) is 5.16 Å². The molecule has 4 rings (SSSR count). The predicted octanol–water partition coefficient (Wildman–Crippen LogP) is 1.65. The number of ether oxygens (including phenoxy) is 1. The number of furan rings is 1. The molecule has 2 fully saturated rings. The van der Waals surface area contributed by atoms with Crippen LogP contribution in [-0.2, 0) is 22.6 Å². The quantitative estimate of drug-likeness (QED) is 0.887. The van der Waals surface area contributed by atoms with Gasteiger partial charge in [-0.3, -0.25) is 9.69 Å². The molecule has 0 spiro atoms. The van der Waals surface area contributed by atoms with Crippen LogP contribution in [0.25, 0.3) is 0 Å². The zero-order valence-electron chi connectivity index (χ0n) is 14.5. The molecule has 2 aliphatic rings. The number of amides is 1. The molecule has 25 heavy (non-hydrogen) atoms. The monoisotopic (exact) mass is 345 g/mol. The van der Waals surface area contributed by atoms with E-state index in [9.17, 15) is 4.79 Å². The molecular weight excluding hydrogens is 322 g/mol. The zero-order chi connectivity index (χ0) is 17.4. The van der Waals surface area contributed by atoms with Crippen LogP contribution in [0.4, 0.5) is 0 Å². The van der Waals surface area contributed by atoms with Crippen molar-refractivity contribution >= 4 is 5.91 Å². The second kappa shape index (κ2) is 6.65. The van der Waals surface area contributed by atoms with E-state index in [1.165, 1.54) is 0 Å². The standard InChI is InChI=1S/C18H23N3O4/c1-11-14(12(2)25-20-11)7-21-8-15-16(10-24-17(15)9-21)18(22)19-6-13-4-3-5-23-13/h3-5,15-17H,6-10H2,1-2H3,(H,19,22)/t15-,16+,17-/m0/s1. The Balaban J connectivity index is 1.35. The first kappa shape index (κ1) is 16.4. The fourth-order valence-electron chi connectivity index (χ4n) is 3.86. The number of rotatable bonds is 5. The molecular formula is C18H23N3O4. The summed E-state index contributed by atoms with van der Waals surface area (Å²) in [5.41, 5.74) is 2.07. The summed E-state index contributed by atoms with van der Waals surface area (Å²) in [6, 6.07) is 3.68. The average molecular weight is 345 g/mol. The first-order valence-electron chi connectivity index (χ1n) is 8.67. The van der Waals surface area contributed by atoms with E-state index in [1.807, 2.05) is 26.0 Å². The van der Waals surface area contributed by atoms with Crippen molar-refractivity contribution in [1.82, 2.24) is 15.4 Å². The van der Waals surface area contributed by atoms with Gasteiger partial charge in [0.15, 0.2) is 0 Å². The molecule has 2 aromatic rings. The summed E-state index contributed by atoms with van der Waals surface area (Å²) in [7, 11) is 0. The Morgan fingerprint density at radius 3 is 3.00 bits per heavy atom. The van der Waals surface area contributed by atoms with Gasteiger partial charge in [0.1, 0.15) is 11.5 Å². The number of nitrogens with one attached hydrogen (secondary N) is 1. The van der Waals surface area contributed by atoms with Crippen LogP contribution in [0.1, 0.15) is 22.8 Å². The Labute approximate surface area is 146 Å². The minimum atomic E-state index is -0.102. The third-order valence-electron chi connectivity index (χ3n) is 5.31. The summed E-state index contributed by atoms with van der Waals surface area (Å²) >= 11 is 0. The summed E-state index contributed by atoms with van der Waals surface area (Å²) < 4.78 is 16.4.